The standard InChI is InChI=1S/C4H8NO/c1-2-5-3-4-6/h3-4,6H,2H2,1H3/b5-3+. The van der Waals surface area contributed by atoms with Crippen molar-refractivity contribution in [1.82, 2.24) is 0 Å². The van der Waals surface area contributed by atoms with E-state index in [-0.39, 0.29) is 0 Å². The van der Waals surface area contributed by atoms with Crippen molar-refractivity contribution in [2.24, 2.45) is 4.99 Å². The molecule has 0 atom stereocenters. The maximum atomic E-state index is 7.92. The molecule has 0 unspecified atom stereocenters. The Balaban J connectivity index is 2.73. The summed E-state index contributed by atoms with van der Waals surface area (Å²) < 4.78 is 0. The third-order valence-electron chi connectivity index (χ3n) is 0.355. The van der Waals surface area contributed by atoms with Crippen molar-refractivity contribution in [3.8, 4) is 0 Å². The molecule has 0 bridgehead atoms. The Hall–Kier alpha value is -0.370. The summed E-state index contributed by atoms with van der Waals surface area (Å²) in [4.78, 5) is 3.66. The van der Waals surface area contributed by atoms with Crippen LogP contribution in [0.25, 0.3) is 0 Å². The van der Waals surface area contributed by atoms with Gasteiger partial charge in [0.05, 0.1) is 0 Å². The van der Waals surface area contributed by atoms with Crippen LogP contribution in [-0.4, -0.2) is 17.9 Å². The van der Waals surface area contributed by atoms with Gasteiger partial charge in [-0.1, -0.05) is 0 Å². The summed E-state index contributed by atoms with van der Waals surface area (Å²) in [5, 5.41) is 7.92. The van der Waals surface area contributed by atoms with Gasteiger partial charge in [0.25, 0.3) is 0 Å². The molecule has 1 radical (unpaired) electrons. The van der Waals surface area contributed by atoms with E-state index in [9.17, 15) is 0 Å². The predicted molar refractivity (Wildman–Crippen MR) is 25.3 cm³/mol. The number of hydrogen-bond acceptors (Lipinski definition) is 2. The van der Waals surface area contributed by atoms with Crippen molar-refractivity contribution in [3.63, 3.8) is 0 Å². The molecule has 6 heavy (non-hydrogen) atoms. The quantitative estimate of drug-likeness (QED) is 0.491. The third-order valence-corrected chi connectivity index (χ3v) is 0.355. The molecule has 35 valence electrons. The summed E-state index contributed by atoms with van der Waals surface area (Å²) in [6.07, 6.45) is 1.36. The molecule has 0 aliphatic heterocycles. The average molecular weight is 86.1 g/mol. The van der Waals surface area contributed by atoms with Crippen LogP contribution in [0, 0.1) is 6.61 Å². The van der Waals surface area contributed by atoms with Crippen LogP contribution in [-0.2, 0) is 0 Å². The molecular formula is C4H8NO. The molecule has 0 aromatic heterocycles. The van der Waals surface area contributed by atoms with E-state index >= 15 is 0 Å². The summed E-state index contributed by atoms with van der Waals surface area (Å²) in [6, 6.07) is 0. The maximum absolute atomic E-state index is 7.92. The van der Waals surface area contributed by atoms with Crippen LogP contribution >= 0.6 is 0 Å². The topological polar surface area (TPSA) is 32.6 Å². The average Bonchev–Trinajstić information content (AvgIpc) is 1.61. The number of rotatable bonds is 2. The first-order valence-electron chi connectivity index (χ1n) is 1.87. The SMILES string of the molecule is CC/N=C/[CH]O. The van der Waals surface area contributed by atoms with Gasteiger partial charge in [0.2, 0.25) is 0 Å². The van der Waals surface area contributed by atoms with E-state index in [1.54, 1.807) is 0 Å². The molecular weight excluding hydrogens is 78.0 g/mol. The van der Waals surface area contributed by atoms with Crippen molar-refractivity contribution in [2.75, 3.05) is 6.54 Å². The fraction of sp³-hybridized carbons (Fsp3) is 0.500. The lowest BCUT2D eigenvalue weighted by Crippen LogP contribution is -1.73. The molecule has 0 aliphatic carbocycles. The molecule has 0 amide bonds. The monoisotopic (exact) mass is 86.1 g/mol. The zero-order valence-electron chi connectivity index (χ0n) is 3.76. The molecule has 2 heteroatoms. The second-order valence-corrected chi connectivity index (χ2v) is 0.797. The van der Waals surface area contributed by atoms with Crippen molar-refractivity contribution < 1.29 is 5.11 Å². The van der Waals surface area contributed by atoms with E-state index in [0.717, 1.165) is 13.2 Å². The van der Waals surface area contributed by atoms with Gasteiger partial charge in [-0.15, -0.1) is 0 Å². The molecule has 0 fully saturated rings. The summed E-state index contributed by atoms with van der Waals surface area (Å²) in [7, 11) is 0. The second-order valence-electron chi connectivity index (χ2n) is 0.797. The lowest BCUT2D eigenvalue weighted by Gasteiger charge is -1.73. The third kappa shape index (κ3) is 3.63. The van der Waals surface area contributed by atoms with Gasteiger partial charge in [0.15, 0.2) is 0 Å². The highest BCUT2D eigenvalue weighted by atomic mass is 16.2. The van der Waals surface area contributed by atoms with Crippen molar-refractivity contribution in [2.45, 2.75) is 6.92 Å². The lowest BCUT2D eigenvalue weighted by molar-refractivity contribution is 0.435. The van der Waals surface area contributed by atoms with E-state index in [0.29, 0.717) is 0 Å². The molecule has 0 saturated heterocycles. The fourth-order valence-electron chi connectivity index (χ4n) is 0.153. The minimum Gasteiger partial charge on any atom is -0.384 e. The Labute approximate surface area is 37.5 Å². The van der Waals surface area contributed by atoms with E-state index in [1.807, 2.05) is 6.92 Å². The molecule has 0 spiro atoms. The Morgan fingerprint density at radius 1 is 1.83 bits per heavy atom. The van der Waals surface area contributed by atoms with Gasteiger partial charge in [0, 0.05) is 12.8 Å². The zero-order valence-corrected chi connectivity index (χ0v) is 3.76. The van der Waals surface area contributed by atoms with Crippen molar-refractivity contribution in [1.29, 1.82) is 0 Å². The Morgan fingerprint density at radius 3 is 2.67 bits per heavy atom. The zero-order chi connectivity index (χ0) is 4.83. The Bertz CT molecular complexity index is 36.8. The number of aliphatic imine (C=N–C) groups is 1. The van der Waals surface area contributed by atoms with Crippen molar-refractivity contribution >= 4 is 6.21 Å². The highest BCUT2D eigenvalue weighted by molar-refractivity contribution is 5.64. The van der Waals surface area contributed by atoms with E-state index in [4.69, 9.17) is 5.11 Å². The van der Waals surface area contributed by atoms with Gasteiger partial charge in [-0.25, -0.2) is 0 Å². The highest BCUT2D eigenvalue weighted by Gasteiger charge is 1.61. The van der Waals surface area contributed by atoms with Gasteiger partial charge in [0.1, 0.15) is 6.61 Å². The first kappa shape index (κ1) is 5.63. The molecule has 0 saturated carbocycles. The number of hydrogen-bond donors (Lipinski definition) is 1. The first-order valence-corrected chi connectivity index (χ1v) is 1.87. The molecule has 0 rings (SSSR count). The van der Waals surface area contributed by atoms with Crippen LogP contribution in [0.4, 0.5) is 0 Å². The molecule has 0 aromatic rings. The molecule has 0 aromatic carbocycles. The number of aliphatic hydroxyl groups excluding tert-OH is 1. The molecule has 1 N–H and O–H groups in total. The predicted octanol–water partition coefficient (Wildman–Crippen LogP) is 0.611. The normalized spacial score (nSPS) is 10.3. The van der Waals surface area contributed by atoms with Crippen LogP contribution in [0.1, 0.15) is 6.92 Å². The van der Waals surface area contributed by atoms with Gasteiger partial charge in [-0.2, -0.15) is 0 Å². The van der Waals surface area contributed by atoms with Gasteiger partial charge in [-0.05, 0) is 6.92 Å². The molecule has 0 aliphatic rings. The Morgan fingerprint density at radius 2 is 2.50 bits per heavy atom. The highest BCUT2D eigenvalue weighted by Crippen LogP contribution is 1.62. The number of nitrogens with zero attached hydrogens (tertiary/aromatic N) is 1. The van der Waals surface area contributed by atoms with Crippen LogP contribution in [0.5, 0.6) is 0 Å². The minimum absolute atomic E-state index is 0.733. The summed E-state index contributed by atoms with van der Waals surface area (Å²) in [6.45, 7) is 3.56. The van der Waals surface area contributed by atoms with Crippen LogP contribution < -0.4 is 0 Å². The fourth-order valence-corrected chi connectivity index (χ4v) is 0.153. The smallest absolute Gasteiger partial charge is 0.120 e. The van der Waals surface area contributed by atoms with E-state index in [2.05, 4.69) is 4.99 Å². The minimum atomic E-state index is 0.733. The van der Waals surface area contributed by atoms with Gasteiger partial charge in [-0.3, -0.25) is 4.99 Å². The van der Waals surface area contributed by atoms with Crippen LogP contribution in [0.15, 0.2) is 4.99 Å². The van der Waals surface area contributed by atoms with Gasteiger partial charge < -0.3 is 5.11 Å². The number of aliphatic hydroxyl groups is 1. The van der Waals surface area contributed by atoms with Gasteiger partial charge >= 0.3 is 0 Å². The van der Waals surface area contributed by atoms with E-state index in [1.165, 1.54) is 6.21 Å². The lowest BCUT2D eigenvalue weighted by atomic mass is 10.7. The summed E-state index contributed by atoms with van der Waals surface area (Å²) >= 11 is 0. The molecule has 0 heterocycles. The van der Waals surface area contributed by atoms with Crippen molar-refractivity contribution in [3.05, 3.63) is 6.61 Å². The largest absolute Gasteiger partial charge is 0.384 e. The van der Waals surface area contributed by atoms with Crippen LogP contribution in [0.3, 0.4) is 0 Å². The Kier molecular flexibility index (Phi) is 4.34. The molecule has 2 nitrogen and oxygen atoms in total. The maximum Gasteiger partial charge on any atom is 0.120 e. The second kappa shape index (κ2) is 4.63. The first-order chi connectivity index (χ1) is 2.91. The van der Waals surface area contributed by atoms with E-state index < -0.39 is 0 Å². The van der Waals surface area contributed by atoms with Crippen LogP contribution in [0.2, 0.25) is 0 Å². The summed E-state index contributed by atoms with van der Waals surface area (Å²) in [5.74, 6) is 0. The summed E-state index contributed by atoms with van der Waals surface area (Å²) in [5.41, 5.74) is 0.